The molecule has 3 aromatic rings. The Hall–Kier alpha value is -1.51. The summed E-state index contributed by atoms with van der Waals surface area (Å²) in [6.07, 6.45) is 3.40. The van der Waals surface area contributed by atoms with Crippen LogP contribution in [0.2, 0.25) is 0 Å². The van der Waals surface area contributed by atoms with Crippen molar-refractivity contribution < 1.29 is 0 Å². The number of thiol groups is 1. The average Bonchev–Trinajstić information content (AvgIpc) is 3.02. The van der Waals surface area contributed by atoms with Crippen LogP contribution in [0.15, 0.2) is 69.1 Å². The predicted octanol–water partition coefficient (Wildman–Crippen LogP) is 5.00. The van der Waals surface area contributed by atoms with Crippen LogP contribution < -0.4 is 0 Å². The van der Waals surface area contributed by atoms with E-state index in [0.29, 0.717) is 0 Å². The maximum Gasteiger partial charge on any atom is 0.0491 e. The molecule has 1 aliphatic heterocycles. The number of thiophene rings is 1. The van der Waals surface area contributed by atoms with Crippen molar-refractivity contribution in [2.75, 3.05) is 0 Å². The molecule has 2 heteroatoms. The lowest BCUT2D eigenvalue weighted by molar-refractivity contribution is 1.39. The highest BCUT2D eigenvalue weighted by Gasteiger charge is 2.17. The Balaban J connectivity index is 1.87. The highest BCUT2D eigenvalue weighted by molar-refractivity contribution is 8.21. The van der Waals surface area contributed by atoms with Crippen molar-refractivity contribution in [1.29, 1.82) is 0 Å². The second-order valence-electron chi connectivity index (χ2n) is 4.28. The van der Waals surface area contributed by atoms with Crippen LogP contribution >= 0.6 is 22.2 Å². The summed E-state index contributed by atoms with van der Waals surface area (Å²) in [7, 11) is -0.320. The lowest BCUT2D eigenvalue weighted by Crippen LogP contribution is -1.77. The van der Waals surface area contributed by atoms with Gasteiger partial charge in [-0.25, -0.2) is 0 Å². The lowest BCUT2D eigenvalue weighted by Gasteiger charge is -2.12. The molecule has 0 spiro atoms. The van der Waals surface area contributed by atoms with E-state index in [4.69, 9.17) is 0 Å². The predicted molar refractivity (Wildman–Crippen MR) is 80.7 cm³/mol. The van der Waals surface area contributed by atoms with Gasteiger partial charge in [-0.15, -0.1) is 11.3 Å². The van der Waals surface area contributed by atoms with Gasteiger partial charge < -0.3 is 0 Å². The lowest BCUT2D eigenvalue weighted by atomic mass is 10.2. The standard InChI is InChI=1S/C16H11S2/c1-3-7-14-13(6-1)11-16(17-14)18-10-9-12-5-2-4-8-15(12)18/h1-8,10-11,18H. The van der Waals surface area contributed by atoms with Gasteiger partial charge in [0, 0.05) is 13.8 Å². The molecule has 0 saturated heterocycles. The summed E-state index contributed by atoms with van der Waals surface area (Å²) in [5.41, 5.74) is 1.26. The Labute approximate surface area is 113 Å². The van der Waals surface area contributed by atoms with E-state index in [1.807, 2.05) is 11.3 Å². The molecule has 2 aromatic carbocycles. The summed E-state index contributed by atoms with van der Waals surface area (Å²) in [6, 6.07) is 19.6. The molecule has 18 heavy (non-hydrogen) atoms. The van der Waals surface area contributed by atoms with Gasteiger partial charge in [0.15, 0.2) is 0 Å². The van der Waals surface area contributed by atoms with Gasteiger partial charge >= 0.3 is 0 Å². The summed E-state index contributed by atoms with van der Waals surface area (Å²) >= 11 is 1.92. The molecule has 1 radical (unpaired) electrons. The Morgan fingerprint density at radius 1 is 0.944 bits per heavy atom. The number of benzene rings is 2. The molecule has 0 aliphatic carbocycles. The van der Waals surface area contributed by atoms with E-state index in [1.165, 1.54) is 24.8 Å². The normalized spacial score (nSPS) is 19.2. The minimum atomic E-state index is -0.320. The fourth-order valence-electron chi connectivity index (χ4n) is 2.28. The molecular weight excluding hydrogens is 256 g/mol. The maximum atomic E-state index is 3.40. The van der Waals surface area contributed by atoms with E-state index in [2.05, 4.69) is 66.1 Å². The van der Waals surface area contributed by atoms with Crippen LogP contribution in [-0.2, 0) is 0 Å². The van der Waals surface area contributed by atoms with E-state index in [0.717, 1.165) is 0 Å². The second-order valence-corrected chi connectivity index (χ2v) is 7.63. The molecule has 0 fully saturated rings. The third kappa shape index (κ3) is 1.53. The van der Waals surface area contributed by atoms with E-state index < -0.39 is 0 Å². The van der Waals surface area contributed by atoms with Gasteiger partial charge in [0.1, 0.15) is 0 Å². The van der Waals surface area contributed by atoms with Gasteiger partial charge in [-0.1, -0.05) is 36.4 Å². The molecule has 87 valence electrons. The quantitative estimate of drug-likeness (QED) is 0.589. The first kappa shape index (κ1) is 10.4. The summed E-state index contributed by atoms with van der Waals surface area (Å²) < 4.78 is 2.86. The third-order valence-electron chi connectivity index (χ3n) is 3.16. The minimum absolute atomic E-state index is 0.320. The number of hydrogen-bond acceptors (Lipinski definition) is 1. The first-order valence-electron chi connectivity index (χ1n) is 5.88. The van der Waals surface area contributed by atoms with Gasteiger partial charge in [0.25, 0.3) is 0 Å². The summed E-state index contributed by atoms with van der Waals surface area (Å²) in [5, 5.41) is 3.61. The zero-order chi connectivity index (χ0) is 11.9. The van der Waals surface area contributed by atoms with Gasteiger partial charge in [0.2, 0.25) is 0 Å². The molecule has 0 nitrogen and oxygen atoms in total. The number of rotatable bonds is 1. The van der Waals surface area contributed by atoms with Crippen molar-refractivity contribution in [3.8, 4) is 0 Å². The van der Waals surface area contributed by atoms with Crippen molar-refractivity contribution in [2.45, 2.75) is 9.10 Å². The number of hydrogen-bond donors (Lipinski definition) is 1. The Morgan fingerprint density at radius 2 is 1.78 bits per heavy atom. The van der Waals surface area contributed by atoms with Crippen molar-refractivity contribution in [1.82, 2.24) is 0 Å². The molecule has 0 saturated carbocycles. The van der Waals surface area contributed by atoms with Crippen LogP contribution in [-0.4, -0.2) is 0 Å². The minimum Gasteiger partial charge on any atom is -0.169 e. The van der Waals surface area contributed by atoms with Crippen molar-refractivity contribution in [3.63, 3.8) is 0 Å². The molecule has 0 bridgehead atoms. The molecule has 0 amide bonds. The molecule has 2 heterocycles. The SMILES string of the molecule is [C]1=C[SH](c2cc3ccccc3s2)c2ccccc21. The van der Waals surface area contributed by atoms with Crippen LogP contribution in [0.25, 0.3) is 10.1 Å². The zero-order valence-corrected chi connectivity index (χ0v) is 11.3. The Morgan fingerprint density at radius 3 is 2.72 bits per heavy atom. The van der Waals surface area contributed by atoms with Crippen molar-refractivity contribution in [3.05, 3.63) is 71.6 Å². The van der Waals surface area contributed by atoms with Crippen LogP contribution in [0, 0.1) is 6.08 Å². The van der Waals surface area contributed by atoms with Crippen LogP contribution in [0.4, 0.5) is 0 Å². The van der Waals surface area contributed by atoms with E-state index in [1.54, 1.807) is 0 Å². The molecule has 1 aromatic heterocycles. The average molecular weight is 267 g/mol. The first-order valence-corrected chi connectivity index (χ1v) is 8.11. The third-order valence-corrected chi connectivity index (χ3v) is 6.85. The summed E-state index contributed by atoms with van der Waals surface area (Å²) in [5.74, 6) is 0. The van der Waals surface area contributed by atoms with E-state index in [9.17, 15) is 0 Å². The van der Waals surface area contributed by atoms with E-state index >= 15 is 0 Å². The van der Waals surface area contributed by atoms with Crippen LogP contribution in [0.1, 0.15) is 5.56 Å². The highest BCUT2D eigenvalue weighted by Crippen LogP contribution is 2.54. The van der Waals surface area contributed by atoms with Crippen molar-refractivity contribution in [2.24, 2.45) is 0 Å². The van der Waals surface area contributed by atoms with Gasteiger partial charge in [0.05, 0.1) is 0 Å². The fourth-order valence-corrected chi connectivity index (χ4v) is 5.92. The van der Waals surface area contributed by atoms with Gasteiger partial charge in [-0.3, -0.25) is 0 Å². The Bertz CT molecular complexity index is 719. The highest BCUT2D eigenvalue weighted by atomic mass is 32.2. The monoisotopic (exact) mass is 267 g/mol. The first-order chi connectivity index (χ1) is 8.92. The van der Waals surface area contributed by atoms with E-state index in [-0.39, 0.29) is 10.9 Å². The topological polar surface area (TPSA) is 0 Å². The smallest absolute Gasteiger partial charge is 0.0491 e. The second kappa shape index (κ2) is 4.01. The molecule has 1 unspecified atom stereocenters. The zero-order valence-electron chi connectivity index (χ0n) is 9.63. The molecule has 1 atom stereocenters. The summed E-state index contributed by atoms with van der Waals surface area (Å²) in [4.78, 5) is 1.44. The van der Waals surface area contributed by atoms with Crippen LogP contribution in [0.5, 0.6) is 0 Å². The molecule has 0 N–H and O–H groups in total. The van der Waals surface area contributed by atoms with Gasteiger partial charge in [-0.05, 0) is 40.6 Å². The van der Waals surface area contributed by atoms with Crippen molar-refractivity contribution >= 4 is 32.3 Å². The molecule has 4 rings (SSSR count). The maximum absolute atomic E-state index is 3.40. The molecule has 1 aliphatic rings. The fraction of sp³-hybridized carbons (Fsp3) is 0. The summed E-state index contributed by atoms with van der Waals surface area (Å²) in [6.45, 7) is 0. The van der Waals surface area contributed by atoms with Crippen LogP contribution in [0.3, 0.4) is 0 Å². The molecular formula is C16H11S2. The number of fused-ring (bicyclic) bond motifs is 2. The Kier molecular flexibility index (Phi) is 2.32. The van der Waals surface area contributed by atoms with Gasteiger partial charge in [-0.2, -0.15) is 10.9 Å². The largest absolute Gasteiger partial charge is 0.169 e.